The lowest BCUT2D eigenvalue weighted by Crippen LogP contribution is -2.62. The van der Waals surface area contributed by atoms with Gasteiger partial charge in [0.1, 0.15) is 60.4 Å². The van der Waals surface area contributed by atoms with Crippen molar-refractivity contribution in [3.8, 4) is 0 Å². The van der Waals surface area contributed by atoms with Crippen LogP contribution in [0.25, 0.3) is 0 Å². The van der Waals surface area contributed by atoms with Gasteiger partial charge in [-0.25, -0.2) is 0 Å². The van der Waals surface area contributed by atoms with E-state index in [1.807, 2.05) is 0 Å². The third-order valence-corrected chi connectivity index (χ3v) is 15.1. The summed E-state index contributed by atoms with van der Waals surface area (Å²) in [5, 5.41) is 42.5. The number of aliphatic hydroxyl groups is 1. The fourth-order valence-corrected chi connectivity index (χ4v) is 10.7. The Balaban J connectivity index is 1.61. The second-order valence-electron chi connectivity index (χ2n) is 23.4. The van der Waals surface area contributed by atoms with Crippen molar-refractivity contribution in [1.29, 1.82) is 0 Å². The van der Waals surface area contributed by atoms with Gasteiger partial charge in [0, 0.05) is 32.5 Å². The Hall–Kier alpha value is -8.16. The van der Waals surface area contributed by atoms with E-state index >= 15 is 0 Å². The molecule has 10 amide bonds. The number of carbonyl (C=O) groups is 11. The lowest BCUT2D eigenvalue weighted by molar-refractivity contribution is -0.144. The number of aliphatic carboxylic acids is 1. The maximum atomic E-state index is 14.9. The topological polar surface area (TPSA) is 395 Å². The first-order chi connectivity index (χ1) is 40.2. The van der Waals surface area contributed by atoms with Gasteiger partial charge in [-0.2, -0.15) is 0 Å². The van der Waals surface area contributed by atoms with Crippen LogP contribution in [0.5, 0.6) is 0 Å². The van der Waals surface area contributed by atoms with Gasteiger partial charge in [0.15, 0.2) is 5.96 Å². The van der Waals surface area contributed by atoms with E-state index in [1.54, 1.807) is 102 Å². The van der Waals surface area contributed by atoms with Gasteiger partial charge in [-0.05, 0) is 87.2 Å². The standard InChI is InChI=1S/C59H87N13O13/c1-32(2)27-39-50(77)65-41(31-46(74)75)52(79)68-43(30-37-19-12-9-13-20-37)58(85)72-26-16-23-45(72)54(81)70-48(35(7)73)56(83)66-40(28-33(3)4)51(78)67-42(29-36-17-10-8-11-18-36)57(84)71-25-15-22-44(71)53(80)69-47(34(5)6)55(82)63-38(49(76)64-39)21-14-24-62-59(60)61/h8-13,17-20,32-35,38-45,47-48,73H,14-16,21-31H2,1-7H3,(H,63,82)(H,64,76)(H,65,77)(H,66,83)(H,67,78)(H,68,79)(H,69,80)(H,70,81)(H,74,75)(H4,60,61,62)/t35-,38+,39+,40+,41+,42-,43-,44+,45+,47+,48+/m1/s1. The van der Waals surface area contributed by atoms with E-state index in [0.717, 1.165) is 0 Å². The van der Waals surface area contributed by atoms with Crippen LogP contribution >= 0.6 is 0 Å². The zero-order chi connectivity index (χ0) is 62.7. The highest BCUT2D eigenvalue weighted by Crippen LogP contribution is 2.23. The van der Waals surface area contributed by atoms with Crippen LogP contribution < -0.4 is 54.0 Å². The first-order valence-electron chi connectivity index (χ1n) is 29.3. The third-order valence-electron chi connectivity index (χ3n) is 15.1. The largest absolute Gasteiger partial charge is 0.481 e. The SMILES string of the molecule is CC(C)C[C@@H]1NC(=O)[C@H](CCCN=C(N)N)NC(=O)[C@H](C(C)C)NC(=O)[C@@H]2CCCN2C(=O)[C@@H](Cc2ccccc2)NC(=O)[C@H](CC(C)C)NC(=O)[C@H]([C@@H](C)O)NC(=O)[C@@H]2CCCN2C(=O)[C@@H](Cc2ccccc2)NC(=O)[C@H](CC(=O)O)NC1=O. The quantitative estimate of drug-likeness (QED) is 0.0545. The molecule has 26 nitrogen and oxygen atoms in total. The summed E-state index contributed by atoms with van der Waals surface area (Å²) in [6.07, 6.45) is -1.77. The van der Waals surface area contributed by atoms with Gasteiger partial charge in [-0.3, -0.25) is 57.7 Å². The number of aliphatic imine (C=N–C) groups is 1. The second-order valence-corrected chi connectivity index (χ2v) is 23.4. The van der Waals surface area contributed by atoms with Crippen molar-refractivity contribution >= 4 is 71.0 Å². The highest BCUT2D eigenvalue weighted by molar-refractivity contribution is 6.00. The van der Waals surface area contributed by atoms with E-state index in [4.69, 9.17) is 11.5 Å². The zero-order valence-corrected chi connectivity index (χ0v) is 49.6. The van der Waals surface area contributed by atoms with Crippen LogP contribution in [-0.2, 0) is 65.6 Å². The monoisotopic (exact) mass is 1190 g/mol. The van der Waals surface area contributed by atoms with Crippen LogP contribution in [0.2, 0.25) is 0 Å². The van der Waals surface area contributed by atoms with Gasteiger partial charge in [0.2, 0.25) is 59.1 Å². The molecule has 0 aromatic heterocycles. The van der Waals surface area contributed by atoms with Gasteiger partial charge in [0.05, 0.1) is 12.5 Å². The normalized spacial score (nSPS) is 26.2. The number of nitrogens with one attached hydrogen (secondary N) is 8. The van der Waals surface area contributed by atoms with Crippen LogP contribution in [0, 0.1) is 17.8 Å². The number of hydrogen-bond donors (Lipinski definition) is 12. The number of rotatable bonds is 16. The van der Waals surface area contributed by atoms with E-state index in [9.17, 15) is 63.0 Å². The lowest BCUT2D eigenvalue weighted by Gasteiger charge is -2.33. The lowest BCUT2D eigenvalue weighted by atomic mass is 9.99. The summed E-state index contributed by atoms with van der Waals surface area (Å²) in [6.45, 7) is 11.8. The van der Waals surface area contributed by atoms with E-state index in [-0.39, 0.29) is 88.8 Å². The summed E-state index contributed by atoms with van der Waals surface area (Å²) in [7, 11) is 0. The molecule has 0 radical (unpaired) electrons. The molecule has 3 fully saturated rings. The number of carboxylic acids is 1. The van der Waals surface area contributed by atoms with Crippen molar-refractivity contribution in [2.45, 2.75) is 186 Å². The van der Waals surface area contributed by atoms with Crippen molar-refractivity contribution in [3.05, 3.63) is 71.8 Å². The Kier molecular flexibility index (Phi) is 25.6. The molecule has 14 N–H and O–H groups in total. The van der Waals surface area contributed by atoms with Crippen LogP contribution in [0.4, 0.5) is 0 Å². The summed E-state index contributed by atoms with van der Waals surface area (Å²) < 4.78 is 0. The predicted molar refractivity (Wildman–Crippen MR) is 313 cm³/mol. The molecule has 2 aromatic rings. The maximum absolute atomic E-state index is 14.9. The molecule has 26 heteroatoms. The minimum absolute atomic E-state index is 0.00566. The molecule has 0 saturated carbocycles. The minimum Gasteiger partial charge on any atom is -0.481 e. The number of amides is 10. The van der Waals surface area contributed by atoms with E-state index in [0.29, 0.717) is 24.0 Å². The Labute approximate surface area is 495 Å². The van der Waals surface area contributed by atoms with Gasteiger partial charge in [-0.1, -0.05) is 102 Å². The molecule has 85 heavy (non-hydrogen) atoms. The molecular formula is C59H87N13O13. The van der Waals surface area contributed by atoms with E-state index in [2.05, 4.69) is 47.5 Å². The summed E-state index contributed by atoms with van der Waals surface area (Å²) in [5.41, 5.74) is 12.3. The molecule has 466 valence electrons. The Morgan fingerprint density at radius 2 is 0.918 bits per heavy atom. The molecule has 0 unspecified atom stereocenters. The van der Waals surface area contributed by atoms with Crippen molar-refractivity contribution in [3.63, 3.8) is 0 Å². The molecular weight excluding hydrogens is 1100 g/mol. The number of benzene rings is 2. The predicted octanol–water partition coefficient (Wildman–Crippen LogP) is -0.997. The summed E-state index contributed by atoms with van der Waals surface area (Å²) in [6, 6.07) is 3.19. The molecule has 3 aliphatic heterocycles. The van der Waals surface area contributed by atoms with Gasteiger partial charge in [-0.15, -0.1) is 0 Å². The Bertz CT molecular complexity index is 2710. The molecule has 3 heterocycles. The molecule has 5 rings (SSSR count). The number of nitrogens with zero attached hydrogens (tertiary/aromatic N) is 3. The number of aliphatic hydroxyl groups excluding tert-OH is 1. The molecule has 3 saturated heterocycles. The van der Waals surface area contributed by atoms with Gasteiger partial charge < -0.3 is 74.0 Å². The first kappa shape index (κ1) is 67.6. The molecule has 11 atom stereocenters. The highest BCUT2D eigenvalue weighted by atomic mass is 16.4. The number of guanidine groups is 1. The zero-order valence-electron chi connectivity index (χ0n) is 49.6. The number of hydrogen-bond acceptors (Lipinski definition) is 13. The fraction of sp³-hybridized carbons (Fsp3) is 0.593. The number of fused-ring (bicyclic) bond motifs is 2. The Morgan fingerprint density at radius 1 is 0.529 bits per heavy atom. The van der Waals surface area contributed by atoms with Crippen LogP contribution in [0.15, 0.2) is 65.7 Å². The molecule has 2 aromatic carbocycles. The number of carboxylic acid groups (broad SMARTS) is 1. The van der Waals surface area contributed by atoms with Gasteiger partial charge in [0.25, 0.3) is 0 Å². The smallest absolute Gasteiger partial charge is 0.305 e. The van der Waals surface area contributed by atoms with Crippen molar-refractivity contribution in [2.75, 3.05) is 19.6 Å². The van der Waals surface area contributed by atoms with Crippen molar-refractivity contribution < 1.29 is 63.0 Å². The first-order valence-corrected chi connectivity index (χ1v) is 29.3. The molecule has 3 aliphatic rings. The highest BCUT2D eigenvalue weighted by Gasteiger charge is 2.44. The average Bonchev–Trinajstić information content (AvgIpc) is 4.23. The van der Waals surface area contributed by atoms with Gasteiger partial charge >= 0.3 is 5.97 Å². The van der Waals surface area contributed by atoms with Crippen molar-refractivity contribution in [1.82, 2.24) is 52.3 Å². The van der Waals surface area contributed by atoms with Crippen LogP contribution in [-0.4, -0.2) is 177 Å². The minimum atomic E-state index is -1.83. The van der Waals surface area contributed by atoms with Crippen molar-refractivity contribution in [2.24, 2.45) is 34.2 Å². The second kappa shape index (κ2) is 32.2. The number of nitrogens with two attached hydrogens (primary N) is 2. The van der Waals surface area contributed by atoms with E-state index < -0.39 is 144 Å². The summed E-state index contributed by atoms with van der Waals surface area (Å²) in [5.74, 6) is -11.3. The number of carbonyl (C=O) groups excluding carboxylic acids is 10. The summed E-state index contributed by atoms with van der Waals surface area (Å²) >= 11 is 0. The third kappa shape index (κ3) is 20.3. The van der Waals surface area contributed by atoms with Crippen LogP contribution in [0.3, 0.4) is 0 Å². The maximum Gasteiger partial charge on any atom is 0.305 e. The average molecular weight is 1190 g/mol. The molecule has 0 aliphatic carbocycles. The Morgan fingerprint density at radius 3 is 1.34 bits per heavy atom. The van der Waals surface area contributed by atoms with E-state index in [1.165, 1.54) is 16.7 Å². The summed E-state index contributed by atoms with van der Waals surface area (Å²) in [4.78, 5) is 164. The fourth-order valence-electron chi connectivity index (χ4n) is 10.7. The molecule has 0 bridgehead atoms. The molecule has 0 spiro atoms. The van der Waals surface area contributed by atoms with Crippen LogP contribution in [0.1, 0.15) is 117 Å².